The van der Waals surface area contributed by atoms with E-state index in [1.165, 1.54) is 11.9 Å². The number of benzene rings is 1. The third-order valence-corrected chi connectivity index (χ3v) is 2.79. The summed E-state index contributed by atoms with van der Waals surface area (Å²) in [6, 6.07) is 5.92. The molecule has 2 N–H and O–H groups in total. The topological polar surface area (TPSA) is 78.9 Å². The first kappa shape index (κ1) is 12.2. The van der Waals surface area contributed by atoms with Crippen LogP contribution in [-0.4, -0.2) is 41.7 Å². The van der Waals surface area contributed by atoms with Gasteiger partial charge in [0.2, 0.25) is 5.91 Å². The second kappa shape index (κ2) is 4.95. The zero-order valence-corrected chi connectivity index (χ0v) is 9.92. The van der Waals surface area contributed by atoms with E-state index in [4.69, 9.17) is 4.74 Å². The van der Waals surface area contributed by atoms with Crippen LogP contribution in [0.5, 0.6) is 5.75 Å². The molecule has 18 heavy (non-hydrogen) atoms. The van der Waals surface area contributed by atoms with Gasteiger partial charge in [-0.15, -0.1) is 0 Å². The molecule has 0 spiro atoms. The van der Waals surface area contributed by atoms with Crippen LogP contribution < -0.4 is 5.32 Å². The molecule has 0 saturated carbocycles. The molecular formula is C12H14N2O4. The van der Waals surface area contributed by atoms with Crippen molar-refractivity contribution in [1.82, 2.24) is 10.2 Å². The van der Waals surface area contributed by atoms with Gasteiger partial charge in [-0.05, 0) is 17.7 Å². The van der Waals surface area contributed by atoms with Crippen molar-refractivity contribution in [3.8, 4) is 5.75 Å². The van der Waals surface area contributed by atoms with Crippen LogP contribution in [0.3, 0.4) is 0 Å². The summed E-state index contributed by atoms with van der Waals surface area (Å²) in [6.45, 7) is 0.280. The second-order valence-corrected chi connectivity index (χ2v) is 4.00. The number of likely N-dealkylation sites (N-methyl/N-ethyl adjacent to an activating group) is 1. The lowest BCUT2D eigenvalue weighted by Crippen LogP contribution is -2.44. The standard InChI is InChI=1S/C12H14N2O4/c1-13-11(16)10-7-18-12(17)14(10)6-8-3-2-4-9(15)5-8/h2-5,10,15H,6-7H2,1H3,(H,13,16)/t10-/m0/s1. The average molecular weight is 250 g/mol. The number of carbonyl (C=O) groups is 2. The van der Waals surface area contributed by atoms with Crippen LogP contribution in [0, 0.1) is 0 Å². The maximum Gasteiger partial charge on any atom is 0.410 e. The molecule has 0 radical (unpaired) electrons. The molecule has 2 rings (SSSR count). The number of carbonyl (C=O) groups excluding carboxylic acids is 2. The summed E-state index contributed by atoms with van der Waals surface area (Å²) >= 11 is 0. The Morgan fingerprint density at radius 2 is 2.39 bits per heavy atom. The van der Waals surface area contributed by atoms with Crippen LogP contribution in [0.1, 0.15) is 5.56 Å². The normalized spacial score (nSPS) is 18.6. The minimum atomic E-state index is -0.621. The fraction of sp³-hybridized carbons (Fsp3) is 0.333. The molecule has 1 aromatic carbocycles. The van der Waals surface area contributed by atoms with Crippen molar-refractivity contribution in [2.75, 3.05) is 13.7 Å². The van der Waals surface area contributed by atoms with E-state index in [1.807, 2.05) is 0 Å². The number of nitrogens with one attached hydrogen (secondary N) is 1. The van der Waals surface area contributed by atoms with Crippen molar-refractivity contribution in [3.05, 3.63) is 29.8 Å². The number of amides is 2. The third kappa shape index (κ3) is 2.37. The number of hydrogen-bond donors (Lipinski definition) is 2. The molecule has 6 heteroatoms. The largest absolute Gasteiger partial charge is 0.508 e. The predicted molar refractivity (Wildman–Crippen MR) is 62.9 cm³/mol. The number of phenols is 1. The molecule has 1 heterocycles. The maximum atomic E-state index is 11.6. The first-order chi connectivity index (χ1) is 8.61. The molecule has 1 saturated heterocycles. The van der Waals surface area contributed by atoms with Crippen molar-refractivity contribution in [2.24, 2.45) is 0 Å². The summed E-state index contributed by atoms with van der Waals surface area (Å²) in [5.74, 6) is -0.141. The first-order valence-corrected chi connectivity index (χ1v) is 5.54. The van der Waals surface area contributed by atoms with Gasteiger partial charge in [0.1, 0.15) is 18.4 Å². The molecule has 0 aliphatic carbocycles. The molecule has 1 fully saturated rings. The summed E-state index contributed by atoms with van der Waals surface area (Å²) in [4.78, 5) is 24.5. The van der Waals surface area contributed by atoms with Crippen molar-refractivity contribution in [2.45, 2.75) is 12.6 Å². The monoisotopic (exact) mass is 250 g/mol. The van der Waals surface area contributed by atoms with E-state index < -0.39 is 12.1 Å². The number of phenolic OH excluding ortho intramolecular Hbond substituents is 1. The van der Waals surface area contributed by atoms with E-state index >= 15 is 0 Å². The summed E-state index contributed by atoms with van der Waals surface area (Å²) in [7, 11) is 1.51. The Bertz CT molecular complexity index is 475. The van der Waals surface area contributed by atoms with Gasteiger partial charge in [0.15, 0.2) is 0 Å². The first-order valence-electron chi connectivity index (χ1n) is 5.54. The molecule has 1 aromatic rings. The predicted octanol–water partition coefficient (Wildman–Crippen LogP) is 0.459. The summed E-state index contributed by atoms with van der Waals surface area (Å²) in [6.07, 6.45) is -0.521. The van der Waals surface area contributed by atoms with Gasteiger partial charge >= 0.3 is 6.09 Å². The third-order valence-electron chi connectivity index (χ3n) is 2.79. The zero-order chi connectivity index (χ0) is 13.1. The fourth-order valence-electron chi connectivity index (χ4n) is 1.86. The Labute approximate surface area is 104 Å². The highest BCUT2D eigenvalue weighted by molar-refractivity contribution is 5.87. The number of nitrogens with zero attached hydrogens (tertiary/aromatic N) is 1. The molecule has 0 unspecified atom stereocenters. The number of hydrogen-bond acceptors (Lipinski definition) is 4. The van der Waals surface area contributed by atoms with Crippen molar-refractivity contribution < 1.29 is 19.4 Å². The smallest absolute Gasteiger partial charge is 0.410 e. The summed E-state index contributed by atoms with van der Waals surface area (Å²) in [5.41, 5.74) is 0.739. The van der Waals surface area contributed by atoms with Gasteiger partial charge in [-0.3, -0.25) is 9.69 Å². The van der Waals surface area contributed by atoms with E-state index in [9.17, 15) is 14.7 Å². The van der Waals surface area contributed by atoms with Gasteiger partial charge in [0.25, 0.3) is 0 Å². The van der Waals surface area contributed by atoms with Gasteiger partial charge in [-0.2, -0.15) is 0 Å². The molecule has 0 aromatic heterocycles. The lowest BCUT2D eigenvalue weighted by Gasteiger charge is -2.20. The van der Waals surface area contributed by atoms with Gasteiger partial charge in [0, 0.05) is 7.05 Å². The van der Waals surface area contributed by atoms with Crippen LogP contribution in [0.25, 0.3) is 0 Å². The Morgan fingerprint density at radius 1 is 1.61 bits per heavy atom. The number of ether oxygens (including phenoxy) is 1. The Hall–Kier alpha value is -2.24. The minimum absolute atomic E-state index is 0.0529. The number of cyclic esters (lactones) is 1. The molecule has 1 atom stereocenters. The summed E-state index contributed by atoms with van der Waals surface area (Å²) in [5, 5.41) is 11.9. The molecule has 96 valence electrons. The van der Waals surface area contributed by atoms with E-state index in [0.717, 1.165) is 5.56 Å². The minimum Gasteiger partial charge on any atom is -0.508 e. The highest BCUT2D eigenvalue weighted by atomic mass is 16.6. The number of rotatable bonds is 3. The Kier molecular flexibility index (Phi) is 3.36. The Morgan fingerprint density at radius 3 is 3.06 bits per heavy atom. The molecule has 1 aliphatic heterocycles. The van der Waals surface area contributed by atoms with Gasteiger partial charge < -0.3 is 15.2 Å². The zero-order valence-electron chi connectivity index (χ0n) is 9.92. The molecule has 2 amide bonds. The van der Waals surface area contributed by atoms with Crippen LogP contribution in [0.4, 0.5) is 4.79 Å². The molecule has 0 bridgehead atoms. The second-order valence-electron chi connectivity index (χ2n) is 4.00. The number of aromatic hydroxyl groups is 1. The van der Waals surface area contributed by atoms with Crippen molar-refractivity contribution in [3.63, 3.8) is 0 Å². The fourth-order valence-corrected chi connectivity index (χ4v) is 1.86. The van der Waals surface area contributed by atoms with E-state index in [-0.39, 0.29) is 24.8 Å². The van der Waals surface area contributed by atoms with Crippen molar-refractivity contribution in [1.29, 1.82) is 0 Å². The summed E-state index contributed by atoms with van der Waals surface area (Å²) < 4.78 is 4.87. The highest BCUT2D eigenvalue weighted by Crippen LogP contribution is 2.19. The lowest BCUT2D eigenvalue weighted by molar-refractivity contribution is -0.124. The van der Waals surface area contributed by atoms with Crippen molar-refractivity contribution >= 4 is 12.0 Å². The van der Waals surface area contributed by atoms with E-state index in [2.05, 4.69) is 5.32 Å². The van der Waals surface area contributed by atoms with Crippen LogP contribution >= 0.6 is 0 Å². The average Bonchev–Trinajstić information content (AvgIpc) is 2.70. The quantitative estimate of drug-likeness (QED) is 0.816. The van der Waals surface area contributed by atoms with E-state index in [0.29, 0.717) is 0 Å². The maximum absolute atomic E-state index is 11.6. The van der Waals surface area contributed by atoms with Gasteiger partial charge in [-0.1, -0.05) is 12.1 Å². The lowest BCUT2D eigenvalue weighted by atomic mass is 10.2. The SMILES string of the molecule is CNC(=O)[C@@H]1COC(=O)N1Cc1cccc(O)c1. The molecular weight excluding hydrogens is 236 g/mol. The van der Waals surface area contributed by atoms with Gasteiger partial charge in [0.05, 0.1) is 6.54 Å². The van der Waals surface area contributed by atoms with Gasteiger partial charge in [-0.25, -0.2) is 4.79 Å². The van der Waals surface area contributed by atoms with Crippen LogP contribution in [-0.2, 0) is 16.1 Å². The molecule has 1 aliphatic rings. The Balaban J connectivity index is 2.15. The van der Waals surface area contributed by atoms with Crippen LogP contribution in [0.15, 0.2) is 24.3 Å². The molecule has 6 nitrogen and oxygen atoms in total. The van der Waals surface area contributed by atoms with E-state index in [1.54, 1.807) is 24.3 Å². The highest BCUT2D eigenvalue weighted by Gasteiger charge is 2.37. The van der Waals surface area contributed by atoms with Crippen LogP contribution in [0.2, 0.25) is 0 Å².